The number of carbonyl (C=O) groups excluding carboxylic acids is 5. The van der Waals surface area contributed by atoms with E-state index in [0.717, 1.165) is 21.6 Å². The minimum Gasteiger partial charge on any atom is -0.462 e. The van der Waals surface area contributed by atoms with Crippen LogP contribution in [0.4, 0.5) is 0 Å². The van der Waals surface area contributed by atoms with E-state index in [-0.39, 0.29) is 25.2 Å². The maximum Gasteiger partial charge on any atom is 0.303 e. The topological polar surface area (TPSA) is 140 Å². The lowest BCUT2D eigenvalue weighted by Gasteiger charge is -2.58. The summed E-state index contributed by atoms with van der Waals surface area (Å²) in [6.07, 6.45) is -2.32. The summed E-state index contributed by atoms with van der Waals surface area (Å²) in [5, 5.41) is 12.1. The van der Waals surface area contributed by atoms with Gasteiger partial charge in [0.1, 0.15) is 12.2 Å². The van der Waals surface area contributed by atoms with Crippen molar-refractivity contribution in [2.24, 2.45) is 5.41 Å². The number of likely N-dealkylation sites (N-methyl/N-ethyl adjacent to an activating group) is 1. The van der Waals surface area contributed by atoms with Gasteiger partial charge in [-0.1, -0.05) is 24.6 Å². The minimum atomic E-state index is -1.91. The number of Topliss-reactive ketones (excluding diaryl/α,β-unsaturated/α-hetero) is 1. The standard InChI is InChI=1S/C22H28N2O9S2/c1-10-18(4,5)14(27)20(33-10)7-13-19(30,15(20)32-12(3)26)8-21-16(28)23(6)22(35-34-21,9-31-11(2)25)17(29)24(13)21/h10,13,15,30H,7-9H2,1-6H3/t10-,13-,15+,19+,20+,21-,22-/m1/s1. The van der Waals surface area contributed by atoms with E-state index >= 15 is 0 Å². The average Bonchev–Trinajstić information content (AvgIpc) is 3.22. The molecule has 35 heavy (non-hydrogen) atoms. The van der Waals surface area contributed by atoms with E-state index in [0.29, 0.717) is 0 Å². The molecule has 5 saturated heterocycles. The van der Waals surface area contributed by atoms with Crippen LogP contribution in [0.5, 0.6) is 0 Å². The van der Waals surface area contributed by atoms with Crippen LogP contribution in [0.2, 0.25) is 0 Å². The second-order valence-electron chi connectivity index (χ2n) is 10.6. The third-order valence-corrected chi connectivity index (χ3v) is 12.0. The summed E-state index contributed by atoms with van der Waals surface area (Å²) in [6, 6.07) is -1.04. The van der Waals surface area contributed by atoms with Gasteiger partial charge in [0, 0.05) is 33.7 Å². The van der Waals surface area contributed by atoms with E-state index in [9.17, 15) is 29.1 Å². The number of aliphatic hydroxyl groups is 1. The third-order valence-electron chi connectivity index (χ3n) is 8.35. The average molecular weight is 529 g/mol. The maximum absolute atomic E-state index is 14.0. The molecule has 192 valence electrons. The molecule has 1 saturated carbocycles. The number of esters is 2. The van der Waals surface area contributed by atoms with Crippen LogP contribution in [0.1, 0.15) is 47.5 Å². The SMILES string of the molecule is CC(=O)OC[C@@]12SS[C@]3(C[C@]4(O)[C@@H](C[C@@]5(O[C@H](C)C(C)(C)C5=O)[C@H]4OC(C)=O)N3C1=O)C(=O)N2C. The van der Waals surface area contributed by atoms with Crippen molar-refractivity contribution in [3.63, 3.8) is 0 Å². The van der Waals surface area contributed by atoms with Crippen molar-refractivity contribution >= 4 is 51.1 Å². The predicted molar refractivity (Wildman–Crippen MR) is 122 cm³/mol. The van der Waals surface area contributed by atoms with Gasteiger partial charge in [-0.3, -0.25) is 24.0 Å². The lowest BCUT2D eigenvalue weighted by molar-refractivity contribution is -0.189. The van der Waals surface area contributed by atoms with Gasteiger partial charge in [0.2, 0.25) is 4.87 Å². The van der Waals surface area contributed by atoms with Crippen molar-refractivity contribution in [3.8, 4) is 0 Å². The number of piperazine rings is 1. The Kier molecular flexibility index (Phi) is 5.07. The lowest BCUT2D eigenvalue weighted by Crippen LogP contribution is -2.77. The van der Waals surface area contributed by atoms with Crippen molar-refractivity contribution in [1.82, 2.24) is 9.80 Å². The summed E-state index contributed by atoms with van der Waals surface area (Å²) < 4.78 is 17.0. The quantitative estimate of drug-likeness (QED) is 0.398. The normalized spacial score (nSPS) is 45.2. The number of amides is 2. The second-order valence-corrected chi connectivity index (χ2v) is 13.3. The Morgan fingerprint density at radius 2 is 1.80 bits per heavy atom. The van der Waals surface area contributed by atoms with E-state index < -0.39 is 68.4 Å². The minimum absolute atomic E-state index is 0.132. The molecule has 1 N–H and O–H groups in total. The summed E-state index contributed by atoms with van der Waals surface area (Å²) in [7, 11) is 3.69. The van der Waals surface area contributed by atoms with Gasteiger partial charge in [0.05, 0.1) is 17.6 Å². The fourth-order valence-corrected chi connectivity index (χ4v) is 9.97. The lowest BCUT2D eigenvalue weighted by atomic mass is 9.76. The predicted octanol–water partition coefficient (Wildman–Crippen LogP) is 0.229. The molecule has 7 atom stereocenters. The second kappa shape index (κ2) is 7.14. The van der Waals surface area contributed by atoms with Crippen LogP contribution >= 0.6 is 21.6 Å². The summed E-state index contributed by atoms with van der Waals surface area (Å²) in [6.45, 7) is 7.22. The van der Waals surface area contributed by atoms with Crippen molar-refractivity contribution in [2.75, 3.05) is 13.7 Å². The van der Waals surface area contributed by atoms with Gasteiger partial charge in [0.15, 0.2) is 22.4 Å². The molecular weight excluding hydrogens is 500 g/mol. The van der Waals surface area contributed by atoms with Crippen LogP contribution in [0.25, 0.3) is 0 Å². The summed E-state index contributed by atoms with van der Waals surface area (Å²) >= 11 is 0. The summed E-state index contributed by atoms with van der Waals surface area (Å²) in [4.78, 5) is 64.7. The Morgan fingerprint density at radius 1 is 1.14 bits per heavy atom. The number of nitrogens with zero attached hydrogens (tertiary/aromatic N) is 2. The molecule has 0 unspecified atom stereocenters. The fourth-order valence-electron chi connectivity index (χ4n) is 6.29. The number of carbonyl (C=O) groups is 5. The number of fused-ring (bicyclic) bond motifs is 3. The van der Waals surface area contributed by atoms with Crippen LogP contribution in [0.3, 0.4) is 0 Å². The first-order valence-corrected chi connectivity index (χ1v) is 13.5. The first-order valence-electron chi connectivity index (χ1n) is 11.3. The zero-order valence-corrected chi connectivity index (χ0v) is 21.9. The zero-order valence-electron chi connectivity index (χ0n) is 20.3. The van der Waals surface area contributed by atoms with Gasteiger partial charge in [-0.05, 0) is 17.7 Å². The Hall–Kier alpha value is -1.83. The van der Waals surface area contributed by atoms with Gasteiger partial charge in [-0.25, -0.2) is 0 Å². The van der Waals surface area contributed by atoms with E-state index in [1.54, 1.807) is 20.8 Å². The first kappa shape index (κ1) is 24.8. The maximum atomic E-state index is 14.0. The number of ether oxygens (including phenoxy) is 3. The summed E-state index contributed by atoms with van der Waals surface area (Å²) in [5.41, 5.74) is -4.50. The first-order chi connectivity index (χ1) is 16.1. The monoisotopic (exact) mass is 528 g/mol. The van der Waals surface area contributed by atoms with Crippen LogP contribution < -0.4 is 0 Å². The Morgan fingerprint density at radius 3 is 2.34 bits per heavy atom. The fraction of sp³-hybridized carbons (Fsp3) is 0.773. The van der Waals surface area contributed by atoms with Crippen molar-refractivity contribution in [2.45, 2.75) is 86.7 Å². The molecule has 2 spiro atoms. The smallest absolute Gasteiger partial charge is 0.303 e. The van der Waals surface area contributed by atoms with Gasteiger partial charge in [-0.2, -0.15) is 0 Å². The number of hydrogen-bond acceptors (Lipinski definition) is 11. The molecule has 0 radical (unpaired) electrons. The highest BCUT2D eigenvalue weighted by molar-refractivity contribution is 8.78. The van der Waals surface area contributed by atoms with E-state index in [4.69, 9.17) is 14.2 Å². The Bertz CT molecular complexity index is 1080. The van der Waals surface area contributed by atoms with Gasteiger partial charge < -0.3 is 29.1 Å². The Balaban J connectivity index is 1.63. The van der Waals surface area contributed by atoms with Crippen LogP contribution in [-0.2, 0) is 38.2 Å². The van der Waals surface area contributed by atoms with Crippen LogP contribution in [0, 0.1) is 5.41 Å². The van der Waals surface area contributed by atoms with Crippen molar-refractivity contribution in [3.05, 3.63) is 0 Å². The van der Waals surface area contributed by atoms with E-state index in [1.165, 1.54) is 30.7 Å². The highest BCUT2D eigenvalue weighted by atomic mass is 33.1. The summed E-state index contributed by atoms with van der Waals surface area (Å²) in [5.74, 6) is -2.59. The number of rotatable bonds is 3. The molecule has 11 nitrogen and oxygen atoms in total. The molecule has 0 aromatic carbocycles. The van der Waals surface area contributed by atoms with Crippen LogP contribution in [-0.4, -0.2) is 97.3 Å². The van der Waals surface area contributed by atoms with Gasteiger partial charge in [-0.15, -0.1) is 0 Å². The molecule has 0 aromatic heterocycles. The van der Waals surface area contributed by atoms with Gasteiger partial charge in [0.25, 0.3) is 11.8 Å². The number of ketones is 1. The third kappa shape index (κ3) is 2.75. The number of hydrogen-bond donors (Lipinski definition) is 1. The molecule has 5 heterocycles. The molecule has 2 bridgehead atoms. The molecule has 0 aromatic rings. The molecule has 5 aliphatic heterocycles. The van der Waals surface area contributed by atoms with Gasteiger partial charge >= 0.3 is 11.9 Å². The Labute approximate surface area is 209 Å². The molecule has 6 aliphatic rings. The molecule has 1 aliphatic carbocycles. The molecule has 6 fully saturated rings. The van der Waals surface area contributed by atoms with Crippen molar-refractivity contribution < 1.29 is 43.3 Å². The molecule has 2 amide bonds. The van der Waals surface area contributed by atoms with E-state index in [2.05, 4.69) is 0 Å². The highest BCUT2D eigenvalue weighted by Crippen LogP contribution is 2.69. The molecular formula is C22H28N2O9S2. The van der Waals surface area contributed by atoms with Crippen molar-refractivity contribution in [1.29, 1.82) is 0 Å². The molecule has 6 rings (SSSR count). The van der Waals surface area contributed by atoms with E-state index in [1.807, 2.05) is 0 Å². The van der Waals surface area contributed by atoms with Crippen LogP contribution in [0.15, 0.2) is 0 Å². The largest absolute Gasteiger partial charge is 0.462 e. The highest BCUT2D eigenvalue weighted by Gasteiger charge is 2.84. The molecule has 13 heteroatoms. The zero-order chi connectivity index (χ0) is 25.9.